The molecule has 0 unspecified atom stereocenters. The van der Waals surface area contributed by atoms with Crippen LogP contribution in [0.3, 0.4) is 0 Å². The summed E-state index contributed by atoms with van der Waals surface area (Å²) in [6.07, 6.45) is 2.71. The van der Waals surface area contributed by atoms with Gasteiger partial charge in [0.15, 0.2) is 6.61 Å². The molecule has 0 bridgehead atoms. The van der Waals surface area contributed by atoms with Crippen molar-refractivity contribution in [3.05, 3.63) is 102 Å². The van der Waals surface area contributed by atoms with Crippen molar-refractivity contribution in [3.63, 3.8) is 0 Å². The number of hydrogen-bond donors (Lipinski definition) is 0. The Morgan fingerprint density at radius 1 is 0.968 bits per heavy atom. The number of hydrogen-bond acceptors (Lipinski definition) is 5. The molecule has 1 heterocycles. The molecule has 0 fully saturated rings. The molecule has 1 aromatic heterocycles. The first kappa shape index (κ1) is 21.1. The van der Waals surface area contributed by atoms with Crippen LogP contribution < -0.4 is 4.74 Å². The first-order valence-corrected chi connectivity index (χ1v) is 11.2. The van der Waals surface area contributed by atoms with Gasteiger partial charge >= 0.3 is 5.97 Å². The number of benzene rings is 3. The number of thioether (sulfide) groups is 1. The van der Waals surface area contributed by atoms with E-state index in [-0.39, 0.29) is 6.61 Å². The van der Waals surface area contributed by atoms with E-state index in [1.54, 1.807) is 0 Å². The molecular weight excluding hydrogens is 408 g/mol. The minimum atomic E-state index is -0.413. The third-order valence-electron chi connectivity index (χ3n) is 5.07. The normalized spacial score (nSPS) is 11.0. The van der Waals surface area contributed by atoms with Crippen LogP contribution in [0.5, 0.6) is 5.75 Å². The van der Waals surface area contributed by atoms with Crippen LogP contribution in [0.15, 0.2) is 89.5 Å². The molecule has 0 saturated heterocycles. The molecule has 0 aliphatic heterocycles. The molecule has 0 aliphatic carbocycles. The average Bonchev–Trinajstić information content (AvgIpc) is 3.23. The second kappa shape index (κ2) is 10.2. The van der Waals surface area contributed by atoms with Crippen LogP contribution in [0.2, 0.25) is 0 Å². The number of rotatable bonds is 9. The molecule has 5 heteroatoms. The van der Waals surface area contributed by atoms with E-state index >= 15 is 0 Å². The summed E-state index contributed by atoms with van der Waals surface area (Å²) in [7, 11) is 1.34. The largest absolute Gasteiger partial charge is 0.482 e. The Morgan fingerprint density at radius 3 is 2.29 bits per heavy atom. The maximum absolute atomic E-state index is 11.3. The Hall–Kier alpha value is -3.18. The molecule has 0 N–H and O–H groups in total. The number of methoxy groups -OCH3 is 1. The molecule has 0 saturated carbocycles. The maximum atomic E-state index is 11.3. The quantitative estimate of drug-likeness (QED) is 0.301. The van der Waals surface area contributed by atoms with Crippen molar-refractivity contribution in [3.8, 4) is 5.75 Å². The fourth-order valence-corrected chi connectivity index (χ4v) is 4.75. The molecule has 0 radical (unpaired) electrons. The third kappa shape index (κ3) is 5.30. The number of carbonyl (C=O) groups excluding carboxylic acids is 1. The Balaban J connectivity index is 1.43. The number of ether oxygens (including phenoxy) is 2. The summed E-state index contributed by atoms with van der Waals surface area (Å²) in [5.74, 6) is 1.13. The zero-order chi connectivity index (χ0) is 21.5. The number of carbonyl (C=O) groups is 1. The Morgan fingerprint density at radius 2 is 1.65 bits per heavy atom. The highest BCUT2D eigenvalue weighted by Gasteiger charge is 2.15. The standard InChI is InChI=1S/C26H24O4S/c1-28-25(27)18-29-22-12-13-23-21(17-30-24(23)16-22)14-15-31-26(19-8-4-2-5-9-19)20-10-6-3-7-11-20/h2-13,16-17,26H,14-15,18H2,1H3. The van der Waals surface area contributed by atoms with Crippen molar-refractivity contribution in [2.45, 2.75) is 11.7 Å². The van der Waals surface area contributed by atoms with Gasteiger partial charge in [0.05, 0.1) is 18.6 Å². The van der Waals surface area contributed by atoms with E-state index in [2.05, 4.69) is 65.4 Å². The fourth-order valence-electron chi connectivity index (χ4n) is 3.48. The predicted molar refractivity (Wildman–Crippen MR) is 125 cm³/mol. The number of fused-ring (bicyclic) bond motifs is 1. The molecule has 4 aromatic rings. The van der Waals surface area contributed by atoms with Gasteiger partial charge in [-0.1, -0.05) is 60.7 Å². The van der Waals surface area contributed by atoms with Crippen LogP contribution in [0.25, 0.3) is 11.0 Å². The van der Waals surface area contributed by atoms with E-state index in [1.807, 2.05) is 36.2 Å². The highest BCUT2D eigenvalue weighted by Crippen LogP contribution is 2.36. The van der Waals surface area contributed by atoms with Gasteiger partial charge in [-0.15, -0.1) is 11.8 Å². The van der Waals surface area contributed by atoms with E-state index in [1.165, 1.54) is 23.8 Å². The summed E-state index contributed by atoms with van der Waals surface area (Å²) < 4.78 is 15.8. The molecular formula is C26H24O4S. The molecule has 4 nitrogen and oxygen atoms in total. The van der Waals surface area contributed by atoms with E-state index in [0.717, 1.165) is 23.1 Å². The van der Waals surface area contributed by atoms with E-state index in [0.29, 0.717) is 11.0 Å². The summed E-state index contributed by atoms with van der Waals surface area (Å²) in [6.45, 7) is -0.118. The second-order valence-electron chi connectivity index (χ2n) is 7.11. The minimum absolute atomic E-state index is 0.118. The van der Waals surface area contributed by atoms with Crippen molar-refractivity contribution in [1.82, 2.24) is 0 Å². The van der Waals surface area contributed by atoms with Crippen molar-refractivity contribution >= 4 is 28.7 Å². The molecule has 158 valence electrons. The lowest BCUT2D eigenvalue weighted by Gasteiger charge is -2.17. The lowest BCUT2D eigenvalue weighted by molar-refractivity contribution is -0.142. The topological polar surface area (TPSA) is 48.7 Å². The highest BCUT2D eigenvalue weighted by atomic mass is 32.2. The van der Waals surface area contributed by atoms with Crippen LogP contribution in [0.4, 0.5) is 0 Å². The summed E-state index contributed by atoms with van der Waals surface area (Å²) in [6, 6.07) is 26.9. The first-order valence-electron chi connectivity index (χ1n) is 10.2. The molecule has 0 amide bonds. The zero-order valence-corrected chi connectivity index (χ0v) is 18.1. The van der Waals surface area contributed by atoms with Crippen LogP contribution in [0, 0.1) is 0 Å². The van der Waals surface area contributed by atoms with Gasteiger partial charge in [0, 0.05) is 11.5 Å². The van der Waals surface area contributed by atoms with E-state index in [4.69, 9.17) is 9.15 Å². The van der Waals surface area contributed by atoms with E-state index in [9.17, 15) is 4.79 Å². The second-order valence-corrected chi connectivity index (χ2v) is 8.32. The number of furan rings is 1. The van der Waals surface area contributed by atoms with Gasteiger partial charge < -0.3 is 13.9 Å². The van der Waals surface area contributed by atoms with Gasteiger partial charge in [0.25, 0.3) is 0 Å². The fraction of sp³-hybridized carbons (Fsp3) is 0.192. The van der Waals surface area contributed by atoms with Gasteiger partial charge in [-0.3, -0.25) is 0 Å². The first-order chi connectivity index (χ1) is 15.2. The van der Waals surface area contributed by atoms with Gasteiger partial charge in [-0.2, -0.15) is 0 Å². The smallest absolute Gasteiger partial charge is 0.343 e. The SMILES string of the molecule is COC(=O)COc1ccc2c(CCSC(c3ccccc3)c3ccccc3)coc2c1. The Kier molecular flexibility index (Phi) is 6.95. The van der Waals surface area contributed by atoms with Gasteiger partial charge in [0.1, 0.15) is 11.3 Å². The van der Waals surface area contributed by atoms with Gasteiger partial charge in [0.2, 0.25) is 0 Å². The van der Waals surface area contributed by atoms with Crippen LogP contribution >= 0.6 is 11.8 Å². The summed E-state index contributed by atoms with van der Waals surface area (Å²) >= 11 is 1.93. The molecule has 31 heavy (non-hydrogen) atoms. The van der Waals surface area contributed by atoms with Crippen molar-refractivity contribution < 1.29 is 18.7 Å². The lowest BCUT2D eigenvalue weighted by Crippen LogP contribution is -2.12. The number of aryl methyl sites for hydroxylation is 1. The monoisotopic (exact) mass is 432 g/mol. The summed E-state index contributed by atoms with van der Waals surface area (Å²) in [5, 5.41) is 1.36. The average molecular weight is 433 g/mol. The molecule has 4 rings (SSSR count). The van der Waals surface area contributed by atoms with Crippen molar-refractivity contribution in [2.75, 3.05) is 19.5 Å². The van der Waals surface area contributed by atoms with Crippen LogP contribution in [-0.4, -0.2) is 25.4 Å². The molecule has 0 aliphatic rings. The van der Waals surface area contributed by atoms with Gasteiger partial charge in [-0.25, -0.2) is 4.79 Å². The van der Waals surface area contributed by atoms with Crippen molar-refractivity contribution in [1.29, 1.82) is 0 Å². The van der Waals surface area contributed by atoms with Gasteiger partial charge in [-0.05, 0) is 41.0 Å². The Bertz CT molecular complexity index is 1080. The third-order valence-corrected chi connectivity index (χ3v) is 6.39. The highest BCUT2D eigenvalue weighted by molar-refractivity contribution is 7.99. The number of esters is 1. The molecule has 0 spiro atoms. The van der Waals surface area contributed by atoms with E-state index < -0.39 is 5.97 Å². The lowest BCUT2D eigenvalue weighted by atomic mass is 10.0. The predicted octanol–water partition coefficient (Wildman–Crippen LogP) is 6.05. The van der Waals surface area contributed by atoms with Crippen LogP contribution in [0.1, 0.15) is 21.9 Å². The summed E-state index contributed by atoms with van der Waals surface area (Å²) in [5.41, 5.74) is 4.54. The van der Waals surface area contributed by atoms with Crippen molar-refractivity contribution in [2.24, 2.45) is 0 Å². The summed E-state index contributed by atoms with van der Waals surface area (Å²) in [4.78, 5) is 11.3. The zero-order valence-electron chi connectivity index (χ0n) is 17.3. The minimum Gasteiger partial charge on any atom is -0.482 e. The maximum Gasteiger partial charge on any atom is 0.343 e. The molecule has 0 atom stereocenters. The molecule has 3 aromatic carbocycles. The van der Waals surface area contributed by atoms with Crippen LogP contribution in [-0.2, 0) is 16.0 Å². The Labute approximate surface area is 186 Å².